The zero-order valence-electron chi connectivity index (χ0n) is 12.8. The van der Waals surface area contributed by atoms with Gasteiger partial charge in [0.15, 0.2) is 11.6 Å². The summed E-state index contributed by atoms with van der Waals surface area (Å²) in [6.45, 7) is 2.14. The fourth-order valence-electron chi connectivity index (χ4n) is 2.73. The molecule has 22 heavy (non-hydrogen) atoms. The van der Waals surface area contributed by atoms with E-state index in [1.165, 1.54) is 5.56 Å². The van der Waals surface area contributed by atoms with Gasteiger partial charge in [-0.25, -0.2) is 0 Å². The molecule has 2 heterocycles. The summed E-state index contributed by atoms with van der Waals surface area (Å²) in [5, 5.41) is 2.98. The second kappa shape index (κ2) is 6.10. The Morgan fingerprint density at radius 3 is 2.77 bits per heavy atom. The third kappa shape index (κ3) is 2.52. The smallest absolute Gasteiger partial charge is 0.220 e. The molecule has 1 N–H and O–H groups in total. The van der Waals surface area contributed by atoms with Crippen LogP contribution in [0.1, 0.15) is 36.3 Å². The first-order valence-corrected chi connectivity index (χ1v) is 7.50. The van der Waals surface area contributed by atoms with Crippen molar-refractivity contribution in [1.82, 2.24) is 5.32 Å². The maximum atomic E-state index is 12.8. The molecule has 0 aliphatic carbocycles. The van der Waals surface area contributed by atoms with Crippen molar-refractivity contribution < 1.29 is 13.9 Å². The Kier molecular flexibility index (Phi) is 4.00. The lowest BCUT2D eigenvalue weighted by atomic mass is 9.97. The highest BCUT2D eigenvalue weighted by Gasteiger charge is 2.38. The highest BCUT2D eigenvalue weighted by Crippen LogP contribution is 2.37. The van der Waals surface area contributed by atoms with Gasteiger partial charge in [0, 0.05) is 7.05 Å². The number of rotatable bonds is 5. The van der Waals surface area contributed by atoms with E-state index in [0.29, 0.717) is 17.2 Å². The lowest BCUT2D eigenvalue weighted by molar-refractivity contribution is -0.121. The van der Waals surface area contributed by atoms with Gasteiger partial charge in [-0.15, -0.1) is 0 Å². The van der Waals surface area contributed by atoms with Crippen molar-refractivity contribution in [2.45, 2.75) is 25.9 Å². The number of ether oxygens (including phenoxy) is 1. The Hall–Kier alpha value is -2.49. The van der Waals surface area contributed by atoms with Gasteiger partial charge in [0.05, 0.1) is 11.8 Å². The Balaban J connectivity index is 1.97. The van der Waals surface area contributed by atoms with Crippen LogP contribution in [0.5, 0.6) is 0 Å². The van der Waals surface area contributed by atoms with E-state index in [0.717, 1.165) is 18.4 Å². The lowest BCUT2D eigenvalue weighted by Crippen LogP contribution is -2.09. The van der Waals surface area contributed by atoms with Crippen molar-refractivity contribution in [2.75, 3.05) is 7.05 Å². The Morgan fingerprint density at radius 1 is 1.23 bits per heavy atom. The van der Waals surface area contributed by atoms with E-state index in [9.17, 15) is 4.79 Å². The molecule has 0 amide bonds. The molecule has 1 aliphatic rings. The quantitative estimate of drug-likeness (QED) is 0.918. The highest BCUT2D eigenvalue weighted by atomic mass is 16.5. The van der Waals surface area contributed by atoms with Crippen LogP contribution in [0.2, 0.25) is 0 Å². The van der Waals surface area contributed by atoms with E-state index in [4.69, 9.17) is 9.15 Å². The summed E-state index contributed by atoms with van der Waals surface area (Å²) in [4.78, 5) is 12.8. The average Bonchev–Trinajstić information content (AvgIpc) is 3.15. The number of aryl methyl sites for hydroxylation is 1. The summed E-state index contributed by atoms with van der Waals surface area (Å²) in [5.74, 6) is 0.949. The van der Waals surface area contributed by atoms with E-state index >= 15 is 0 Å². The first-order chi connectivity index (χ1) is 10.7. The zero-order chi connectivity index (χ0) is 15.5. The van der Waals surface area contributed by atoms with Crippen molar-refractivity contribution in [3.63, 3.8) is 0 Å². The number of hydrogen-bond acceptors (Lipinski definition) is 4. The number of ketones is 1. The Bertz CT molecular complexity index is 701. The Labute approximate surface area is 129 Å². The van der Waals surface area contributed by atoms with Gasteiger partial charge in [0.1, 0.15) is 0 Å². The largest absolute Gasteiger partial charge is 0.465 e. The van der Waals surface area contributed by atoms with Crippen molar-refractivity contribution in [3.05, 3.63) is 65.4 Å². The predicted octanol–water partition coefficient (Wildman–Crippen LogP) is 3.46. The van der Waals surface area contributed by atoms with Crippen LogP contribution in [0.15, 0.2) is 53.0 Å². The van der Waals surface area contributed by atoms with Gasteiger partial charge < -0.3 is 14.5 Å². The average molecular weight is 297 g/mol. The minimum atomic E-state index is -0.706. The van der Waals surface area contributed by atoms with Crippen LogP contribution in [0.4, 0.5) is 0 Å². The first-order valence-electron chi connectivity index (χ1n) is 7.50. The lowest BCUT2D eigenvalue weighted by Gasteiger charge is -2.07. The highest BCUT2D eigenvalue weighted by molar-refractivity contribution is 6.25. The van der Waals surface area contributed by atoms with Crippen LogP contribution < -0.4 is 5.32 Å². The minimum Gasteiger partial charge on any atom is -0.465 e. The van der Waals surface area contributed by atoms with E-state index in [2.05, 4.69) is 24.4 Å². The molecular weight excluding hydrogens is 278 g/mol. The summed E-state index contributed by atoms with van der Waals surface area (Å²) in [6.07, 6.45) is 2.90. The molecule has 0 bridgehead atoms. The van der Waals surface area contributed by atoms with E-state index in [-0.39, 0.29) is 5.78 Å². The summed E-state index contributed by atoms with van der Waals surface area (Å²) >= 11 is 0. The van der Waals surface area contributed by atoms with Crippen molar-refractivity contribution in [2.24, 2.45) is 0 Å². The maximum absolute atomic E-state index is 12.8. The summed E-state index contributed by atoms with van der Waals surface area (Å²) in [5.41, 5.74) is 2.69. The topological polar surface area (TPSA) is 51.5 Å². The molecule has 4 heteroatoms. The van der Waals surface area contributed by atoms with Gasteiger partial charge in [-0.1, -0.05) is 37.6 Å². The van der Waals surface area contributed by atoms with Crippen LogP contribution in [-0.4, -0.2) is 12.8 Å². The van der Waals surface area contributed by atoms with Gasteiger partial charge in [0.2, 0.25) is 11.9 Å². The molecule has 1 aromatic heterocycles. The van der Waals surface area contributed by atoms with Gasteiger partial charge in [-0.3, -0.25) is 4.79 Å². The fraction of sp³-hybridized carbons (Fsp3) is 0.278. The number of carbonyl (C=O) groups is 1. The second-order valence-corrected chi connectivity index (χ2v) is 5.28. The van der Waals surface area contributed by atoms with Crippen molar-refractivity contribution >= 4 is 11.4 Å². The van der Waals surface area contributed by atoms with Gasteiger partial charge in [-0.05, 0) is 29.7 Å². The van der Waals surface area contributed by atoms with Crippen LogP contribution in [0.25, 0.3) is 5.57 Å². The zero-order valence-corrected chi connectivity index (χ0v) is 12.8. The molecule has 1 unspecified atom stereocenters. The number of hydrogen-bond donors (Lipinski definition) is 1. The van der Waals surface area contributed by atoms with Crippen LogP contribution >= 0.6 is 0 Å². The molecule has 0 fully saturated rings. The molecule has 1 aliphatic heterocycles. The first kappa shape index (κ1) is 14.4. The monoisotopic (exact) mass is 297 g/mol. The van der Waals surface area contributed by atoms with E-state index in [1.54, 1.807) is 25.4 Å². The van der Waals surface area contributed by atoms with Gasteiger partial charge in [0.25, 0.3) is 0 Å². The second-order valence-electron chi connectivity index (χ2n) is 5.28. The third-order valence-corrected chi connectivity index (χ3v) is 3.73. The SMILES string of the molecule is CCCc1cccc(C2=C(NC)OC(c3ccco3)C2=O)c1. The fourth-order valence-corrected chi connectivity index (χ4v) is 2.73. The molecule has 114 valence electrons. The van der Waals surface area contributed by atoms with Gasteiger partial charge in [-0.2, -0.15) is 0 Å². The number of carbonyl (C=O) groups excluding carboxylic acids is 1. The molecular formula is C18H19NO3. The molecule has 0 spiro atoms. The molecule has 0 saturated heterocycles. The minimum absolute atomic E-state index is 0.0760. The summed E-state index contributed by atoms with van der Waals surface area (Å²) in [7, 11) is 1.75. The predicted molar refractivity (Wildman–Crippen MR) is 84.0 cm³/mol. The molecule has 0 saturated carbocycles. The van der Waals surface area contributed by atoms with Gasteiger partial charge >= 0.3 is 0 Å². The number of furan rings is 1. The molecule has 1 atom stereocenters. The maximum Gasteiger partial charge on any atom is 0.220 e. The number of benzene rings is 1. The third-order valence-electron chi connectivity index (χ3n) is 3.73. The molecule has 0 radical (unpaired) electrons. The standard InChI is InChI=1S/C18H19NO3/c1-3-6-12-7-4-8-13(11-12)15-16(20)17(22-18(15)19-2)14-9-5-10-21-14/h4-5,7-11,17,19H,3,6H2,1-2H3. The molecule has 3 rings (SSSR count). The molecule has 2 aromatic rings. The molecule has 4 nitrogen and oxygen atoms in total. The van der Waals surface area contributed by atoms with Crippen molar-refractivity contribution in [1.29, 1.82) is 0 Å². The van der Waals surface area contributed by atoms with Crippen molar-refractivity contribution in [3.8, 4) is 0 Å². The normalized spacial score (nSPS) is 17.7. The molecule has 1 aromatic carbocycles. The van der Waals surface area contributed by atoms with Crippen LogP contribution in [0.3, 0.4) is 0 Å². The number of nitrogens with one attached hydrogen (secondary N) is 1. The summed E-state index contributed by atoms with van der Waals surface area (Å²) < 4.78 is 11.1. The van der Waals surface area contributed by atoms with Crippen LogP contribution in [-0.2, 0) is 16.0 Å². The Morgan fingerprint density at radius 2 is 2.09 bits per heavy atom. The number of Topliss-reactive ketones (excluding diaryl/α,β-unsaturated/α-hetero) is 1. The summed E-state index contributed by atoms with van der Waals surface area (Å²) in [6, 6.07) is 11.6. The van der Waals surface area contributed by atoms with E-state index < -0.39 is 6.10 Å². The van der Waals surface area contributed by atoms with Crippen LogP contribution in [0, 0.1) is 0 Å². The van der Waals surface area contributed by atoms with E-state index in [1.807, 2.05) is 12.1 Å².